The molecule has 0 unspecified atom stereocenters. The van der Waals surface area contributed by atoms with Crippen LogP contribution in [-0.4, -0.2) is 28.2 Å². The first kappa shape index (κ1) is 17.3. The third-order valence-corrected chi connectivity index (χ3v) is 8.61. The summed E-state index contributed by atoms with van der Waals surface area (Å²) in [6, 6.07) is 0. The molecule has 0 radical (unpaired) electrons. The monoisotopic (exact) mass is 342 g/mol. The fraction of sp³-hybridized carbons (Fsp3) is 0.773. The second-order valence-corrected chi connectivity index (χ2v) is 9.40. The molecule has 4 aliphatic rings. The predicted molar refractivity (Wildman–Crippen MR) is 96.4 cm³/mol. The topological polar surface area (TPSA) is 57.5 Å². The average molecular weight is 342 g/mol. The van der Waals surface area contributed by atoms with Crippen LogP contribution in [0, 0.1) is 46.8 Å². The quantitative estimate of drug-likeness (QED) is 0.437. The van der Waals surface area contributed by atoms with E-state index in [1.807, 2.05) is 0 Å². The Hall–Kier alpha value is -1.11. The number of rotatable bonds is 1. The Labute approximate surface area is 150 Å². The van der Waals surface area contributed by atoms with E-state index in [0.717, 1.165) is 25.7 Å². The van der Waals surface area contributed by atoms with Crippen LogP contribution in [0.1, 0.15) is 58.8 Å². The van der Waals surface area contributed by atoms with Crippen molar-refractivity contribution in [1.29, 1.82) is 0 Å². The van der Waals surface area contributed by atoms with Gasteiger partial charge >= 0.3 is 0 Å². The average Bonchev–Trinajstić information content (AvgIpc) is 2.87. The second-order valence-electron chi connectivity index (χ2n) is 9.40. The number of allylic oxidation sites excluding steroid dienone is 1. The summed E-state index contributed by atoms with van der Waals surface area (Å²) in [5.41, 5.74) is -0.484. The zero-order valence-electron chi connectivity index (χ0n) is 15.4. The van der Waals surface area contributed by atoms with Crippen LogP contribution in [0.3, 0.4) is 0 Å². The molecule has 4 rings (SSSR count). The summed E-state index contributed by atoms with van der Waals surface area (Å²) in [6.07, 6.45) is 14.5. The van der Waals surface area contributed by atoms with E-state index in [9.17, 15) is 15.0 Å². The Bertz CT molecular complexity index is 661. The lowest BCUT2D eigenvalue weighted by Crippen LogP contribution is -2.57. The highest BCUT2D eigenvalue weighted by Gasteiger charge is 2.65. The van der Waals surface area contributed by atoms with Crippen molar-refractivity contribution in [1.82, 2.24) is 0 Å². The Kier molecular flexibility index (Phi) is 3.77. The minimum Gasteiger partial charge on any atom is -0.393 e. The standard InChI is InChI=1S/C22H30O3/c1-4-22(25)10-7-17-19-14(2)11-15-12-16(24)5-9-21(15,13-23)18(19)6-8-20(17,22)3/h1,11,13-14,16-19,24-25H,5-10,12H2,2-3H3/t14-,16+,17+,18+,19+,20+,21-,22+/m1/s1. The van der Waals surface area contributed by atoms with Gasteiger partial charge in [0.15, 0.2) is 0 Å². The molecule has 0 heterocycles. The summed E-state index contributed by atoms with van der Waals surface area (Å²) in [6.45, 7) is 4.42. The van der Waals surface area contributed by atoms with Crippen molar-refractivity contribution >= 4 is 6.29 Å². The van der Waals surface area contributed by atoms with Crippen LogP contribution < -0.4 is 0 Å². The van der Waals surface area contributed by atoms with Crippen molar-refractivity contribution < 1.29 is 15.0 Å². The van der Waals surface area contributed by atoms with Crippen molar-refractivity contribution in [2.45, 2.75) is 70.5 Å². The van der Waals surface area contributed by atoms with E-state index in [2.05, 4.69) is 25.8 Å². The number of aliphatic hydroxyl groups excluding tert-OH is 1. The number of aliphatic hydroxyl groups is 2. The van der Waals surface area contributed by atoms with Gasteiger partial charge in [0.25, 0.3) is 0 Å². The Morgan fingerprint density at radius 3 is 2.64 bits per heavy atom. The minimum atomic E-state index is -1.01. The van der Waals surface area contributed by atoms with Crippen molar-refractivity contribution in [3.8, 4) is 12.3 Å². The maximum Gasteiger partial charge on any atom is 0.130 e. The van der Waals surface area contributed by atoms with E-state index in [-0.39, 0.29) is 11.5 Å². The summed E-state index contributed by atoms with van der Waals surface area (Å²) in [5.74, 6) is 4.16. The first-order valence-electron chi connectivity index (χ1n) is 9.87. The summed E-state index contributed by atoms with van der Waals surface area (Å²) in [5, 5.41) is 21.2. The molecule has 3 saturated carbocycles. The molecular formula is C22H30O3. The lowest BCUT2D eigenvalue weighted by atomic mass is 9.45. The number of hydrogen-bond donors (Lipinski definition) is 2. The molecule has 8 atom stereocenters. The summed E-state index contributed by atoms with van der Waals surface area (Å²) >= 11 is 0. The highest BCUT2D eigenvalue weighted by Crippen LogP contribution is 2.67. The van der Waals surface area contributed by atoms with Gasteiger partial charge in [0.2, 0.25) is 0 Å². The molecule has 0 saturated heterocycles. The molecule has 0 aromatic rings. The number of carbonyl (C=O) groups excluding carboxylic acids is 1. The number of fused-ring (bicyclic) bond motifs is 5. The van der Waals surface area contributed by atoms with Crippen LogP contribution in [0.2, 0.25) is 0 Å². The van der Waals surface area contributed by atoms with E-state index >= 15 is 0 Å². The van der Waals surface area contributed by atoms with Gasteiger partial charge in [-0.3, -0.25) is 0 Å². The zero-order chi connectivity index (χ0) is 18.0. The molecule has 25 heavy (non-hydrogen) atoms. The third-order valence-electron chi connectivity index (χ3n) is 8.61. The molecule has 3 nitrogen and oxygen atoms in total. The second kappa shape index (κ2) is 5.44. The van der Waals surface area contributed by atoms with Gasteiger partial charge in [-0.05, 0) is 68.6 Å². The Morgan fingerprint density at radius 2 is 1.96 bits per heavy atom. The van der Waals surface area contributed by atoms with Gasteiger partial charge in [0, 0.05) is 5.41 Å². The van der Waals surface area contributed by atoms with Crippen molar-refractivity contribution in [2.75, 3.05) is 0 Å². The van der Waals surface area contributed by atoms with Gasteiger partial charge in [-0.25, -0.2) is 0 Å². The van der Waals surface area contributed by atoms with Gasteiger partial charge in [-0.2, -0.15) is 0 Å². The highest BCUT2D eigenvalue weighted by atomic mass is 16.3. The van der Waals surface area contributed by atoms with Crippen molar-refractivity contribution in [3.05, 3.63) is 11.6 Å². The number of aldehydes is 1. The molecule has 3 heteroatoms. The fourth-order valence-corrected chi connectivity index (χ4v) is 7.19. The molecule has 0 aromatic heterocycles. The lowest BCUT2D eigenvalue weighted by molar-refractivity contribution is -0.134. The van der Waals surface area contributed by atoms with Crippen LogP contribution in [0.15, 0.2) is 11.6 Å². The third kappa shape index (κ3) is 2.04. The van der Waals surface area contributed by atoms with Crippen LogP contribution in [-0.2, 0) is 4.79 Å². The first-order valence-corrected chi connectivity index (χ1v) is 9.87. The Balaban J connectivity index is 1.78. The van der Waals surface area contributed by atoms with Gasteiger partial charge in [0.1, 0.15) is 11.9 Å². The van der Waals surface area contributed by atoms with Crippen LogP contribution in [0.5, 0.6) is 0 Å². The van der Waals surface area contributed by atoms with Crippen molar-refractivity contribution in [3.63, 3.8) is 0 Å². The smallest absolute Gasteiger partial charge is 0.130 e. The molecule has 4 aliphatic carbocycles. The minimum absolute atomic E-state index is 0.249. The SMILES string of the molecule is C#C[C@]1(O)CC[C@H]2[C@@H]3[C@H](C)C=C4C[C@@H](O)CC[C@]4(C=O)[C@H]3CC[C@@]21C. The van der Waals surface area contributed by atoms with Gasteiger partial charge in [-0.1, -0.05) is 31.4 Å². The molecule has 0 bridgehead atoms. The molecule has 0 amide bonds. The van der Waals surface area contributed by atoms with E-state index in [1.165, 1.54) is 11.9 Å². The van der Waals surface area contributed by atoms with Crippen LogP contribution in [0.25, 0.3) is 0 Å². The molecular weight excluding hydrogens is 312 g/mol. The predicted octanol–water partition coefficient (Wildman–Crippen LogP) is 3.10. The van der Waals surface area contributed by atoms with E-state index in [4.69, 9.17) is 6.42 Å². The highest BCUT2D eigenvalue weighted by molar-refractivity contribution is 5.67. The Morgan fingerprint density at radius 1 is 1.24 bits per heavy atom. The van der Waals surface area contributed by atoms with Crippen LogP contribution >= 0.6 is 0 Å². The van der Waals surface area contributed by atoms with Crippen molar-refractivity contribution in [2.24, 2.45) is 34.5 Å². The zero-order valence-corrected chi connectivity index (χ0v) is 15.4. The summed E-state index contributed by atoms with van der Waals surface area (Å²) < 4.78 is 0. The normalized spacial score (nSPS) is 54.5. The molecule has 136 valence electrons. The largest absolute Gasteiger partial charge is 0.393 e. The summed E-state index contributed by atoms with van der Waals surface area (Å²) in [4.78, 5) is 12.3. The first-order chi connectivity index (χ1) is 11.8. The lowest BCUT2D eigenvalue weighted by Gasteiger charge is -2.59. The number of terminal acetylenes is 1. The number of hydrogen-bond acceptors (Lipinski definition) is 3. The van der Waals surface area contributed by atoms with E-state index in [0.29, 0.717) is 42.9 Å². The maximum atomic E-state index is 12.3. The fourth-order valence-electron chi connectivity index (χ4n) is 7.19. The number of carbonyl (C=O) groups is 1. The van der Waals surface area contributed by atoms with E-state index in [1.54, 1.807) is 0 Å². The van der Waals surface area contributed by atoms with Gasteiger partial charge in [0.05, 0.1) is 11.5 Å². The summed E-state index contributed by atoms with van der Waals surface area (Å²) in [7, 11) is 0. The van der Waals surface area contributed by atoms with Gasteiger partial charge < -0.3 is 15.0 Å². The molecule has 0 aromatic carbocycles. The van der Waals surface area contributed by atoms with Gasteiger partial charge in [-0.15, -0.1) is 6.42 Å². The molecule has 0 aliphatic heterocycles. The van der Waals surface area contributed by atoms with E-state index < -0.39 is 11.0 Å². The maximum absolute atomic E-state index is 12.3. The molecule has 2 N–H and O–H groups in total. The molecule has 3 fully saturated rings. The molecule has 0 spiro atoms. The van der Waals surface area contributed by atoms with Crippen LogP contribution in [0.4, 0.5) is 0 Å².